The Labute approximate surface area is 133 Å². The van der Waals surface area contributed by atoms with Gasteiger partial charge < -0.3 is 15.4 Å². The summed E-state index contributed by atoms with van der Waals surface area (Å²) in [6, 6.07) is 0. The summed E-state index contributed by atoms with van der Waals surface area (Å²) >= 11 is 0. The second-order valence-electron chi connectivity index (χ2n) is 6.54. The van der Waals surface area contributed by atoms with Crippen LogP contribution in [0.3, 0.4) is 0 Å². The molecule has 2 saturated heterocycles. The van der Waals surface area contributed by atoms with Crippen molar-refractivity contribution in [2.24, 2.45) is 11.8 Å². The van der Waals surface area contributed by atoms with Crippen molar-refractivity contribution in [1.29, 1.82) is 0 Å². The molecule has 5 heteroatoms. The molecule has 0 spiro atoms. The van der Waals surface area contributed by atoms with E-state index in [1.165, 1.54) is 19.3 Å². The van der Waals surface area contributed by atoms with E-state index < -0.39 is 0 Å². The predicted molar refractivity (Wildman–Crippen MR) is 88.0 cm³/mol. The molecule has 122 valence electrons. The molecule has 0 aromatic carbocycles. The molecule has 2 N–H and O–H groups in total. The third kappa shape index (κ3) is 4.65. The van der Waals surface area contributed by atoms with E-state index >= 15 is 0 Å². The lowest BCUT2D eigenvalue weighted by atomic mass is 9.95. The summed E-state index contributed by atoms with van der Waals surface area (Å²) in [5.74, 6) is 2.42. The molecule has 5 nitrogen and oxygen atoms in total. The summed E-state index contributed by atoms with van der Waals surface area (Å²) in [6.45, 7) is 5.08. The van der Waals surface area contributed by atoms with E-state index in [1.807, 2.05) is 6.20 Å². The zero-order valence-corrected chi connectivity index (χ0v) is 13.4. The number of hydrogen-bond donors (Lipinski definition) is 2. The van der Waals surface area contributed by atoms with Gasteiger partial charge in [0, 0.05) is 32.2 Å². The van der Waals surface area contributed by atoms with Crippen molar-refractivity contribution in [2.45, 2.75) is 38.5 Å². The first-order valence-electron chi connectivity index (χ1n) is 8.74. The zero-order chi connectivity index (χ0) is 15.0. The lowest BCUT2D eigenvalue weighted by Gasteiger charge is -2.23. The maximum absolute atomic E-state index is 5.43. The number of aromatic nitrogens is 2. The number of nitrogens with zero attached hydrogens (tertiary/aromatic N) is 2. The quantitative estimate of drug-likeness (QED) is 0.874. The van der Waals surface area contributed by atoms with E-state index in [4.69, 9.17) is 4.74 Å². The third-order valence-electron chi connectivity index (χ3n) is 4.85. The van der Waals surface area contributed by atoms with Crippen LogP contribution in [0.15, 0.2) is 12.4 Å². The van der Waals surface area contributed by atoms with Crippen LogP contribution in [-0.4, -0.2) is 42.8 Å². The van der Waals surface area contributed by atoms with Crippen molar-refractivity contribution in [3.63, 3.8) is 0 Å². The van der Waals surface area contributed by atoms with Gasteiger partial charge in [-0.05, 0) is 63.5 Å². The van der Waals surface area contributed by atoms with Crippen molar-refractivity contribution < 1.29 is 4.74 Å². The van der Waals surface area contributed by atoms with Crippen molar-refractivity contribution in [1.82, 2.24) is 15.3 Å². The molecule has 2 aliphatic heterocycles. The van der Waals surface area contributed by atoms with Crippen LogP contribution in [0.4, 0.5) is 5.82 Å². The highest BCUT2D eigenvalue weighted by molar-refractivity contribution is 5.39. The van der Waals surface area contributed by atoms with Crippen LogP contribution in [0, 0.1) is 11.8 Å². The highest BCUT2D eigenvalue weighted by Gasteiger charge is 2.17. The van der Waals surface area contributed by atoms with Crippen LogP contribution in [0.5, 0.6) is 0 Å². The minimum Gasteiger partial charge on any atom is -0.381 e. The van der Waals surface area contributed by atoms with Gasteiger partial charge in [0.2, 0.25) is 0 Å². The SMILES string of the molecule is c1cnc(NCC2CCOCC2)c(C[C@@H]2CCCNCC2)n1. The number of rotatable bonds is 5. The fourth-order valence-corrected chi connectivity index (χ4v) is 3.42. The minimum atomic E-state index is 0.700. The molecule has 0 unspecified atom stereocenters. The Morgan fingerprint density at radius 3 is 2.82 bits per heavy atom. The molecule has 2 fully saturated rings. The second kappa shape index (κ2) is 8.44. The zero-order valence-electron chi connectivity index (χ0n) is 13.4. The summed E-state index contributed by atoms with van der Waals surface area (Å²) in [6.07, 6.45) is 10.8. The summed E-state index contributed by atoms with van der Waals surface area (Å²) < 4.78 is 5.43. The molecule has 1 aromatic rings. The standard InChI is InChI=1S/C17H28N4O/c1-2-14(3-7-18-6-1)12-16-17(20-9-8-19-16)21-13-15-4-10-22-11-5-15/h8-9,14-15,18H,1-7,10-13H2,(H,20,21)/t14-/m1/s1. The topological polar surface area (TPSA) is 59.1 Å². The molecule has 2 aliphatic rings. The van der Waals surface area contributed by atoms with Gasteiger partial charge in [-0.2, -0.15) is 0 Å². The van der Waals surface area contributed by atoms with Crippen molar-refractivity contribution in [3.05, 3.63) is 18.1 Å². The van der Waals surface area contributed by atoms with Gasteiger partial charge >= 0.3 is 0 Å². The van der Waals surface area contributed by atoms with Gasteiger partial charge in [-0.1, -0.05) is 0 Å². The fourth-order valence-electron chi connectivity index (χ4n) is 3.42. The van der Waals surface area contributed by atoms with Crippen molar-refractivity contribution in [2.75, 3.05) is 38.2 Å². The molecular weight excluding hydrogens is 276 g/mol. The normalized spacial score (nSPS) is 23.9. The fraction of sp³-hybridized carbons (Fsp3) is 0.765. The highest BCUT2D eigenvalue weighted by Crippen LogP contribution is 2.22. The molecule has 0 amide bonds. The smallest absolute Gasteiger partial charge is 0.147 e. The largest absolute Gasteiger partial charge is 0.381 e. The number of nitrogens with one attached hydrogen (secondary N) is 2. The van der Waals surface area contributed by atoms with Gasteiger partial charge in [-0.15, -0.1) is 0 Å². The van der Waals surface area contributed by atoms with Gasteiger partial charge in [0.05, 0.1) is 5.69 Å². The first-order chi connectivity index (χ1) is 10.9. The lowest BCUT2D eigenvalue weighted by molar-refractivity contribution is 0.0699. The van der Waals surface area contributed by atoms with Gasteiger partial charge in [0.25, 0.3) is 0 Å². The molecular formula is C17H28N4O. The van der Waals surface area contributed by atoms with E-state index in [0.717, 1.165) is 69.5 Å². The van der Waals surface area contributed by atoms with Crippen molar-refractivity contribution >= 4 is 5.82 Å². The van der Waals surface area contributed by atoms with Crippen LogP contribution in [0.1, 0.15) is 37.8 Å². The van der Waals surface area contributed by atoms with E-state index in [1.54, 1.807) is 6.20 Å². The molecule has 0 bridgehead atoms. The average Bonchev–Trinajstić information content (AvgIpc) is 2.84. The van der Waals surface area contributed by atoms with Crippen LogP contribution in [-0.2, 0) is 11.2 Å². The molecule has 1 atom stereocenters. The van der Waals surface area contributed by atoms with Crippen molar-refractivity contribution in [3.8, 4) is 0 Å². The first-order valence-corrected chi connectivity index (χ1v) is 8.74. The Morgan fingerprint density at radius 1 is 1.05 bits per heavy atom. The Bertz CT molecular complexity index is 440. The molecule has 0 radical (unpaired) electrons. The Morgan fingerprint density at radius 2 is 1.91 bits per heavy atom. The maximum Gasteiger partial charge on any atom is 0.147 e. The van der Waals surface area contributed by atoms with E-state index in [9.17, 15) is 0 Å². The Kier molecular flexibility index (Phi) is 6.02. The molecule has 1 aromatic heterocycles. The van der Waals surface area contributed by atoms with Gasteiger partial charge in [-0.3, -0.25) is 4.98 Å². The molecule has 3 heterocycles. The summed E-state index contributed by atoms with van der Waals surface area (Å²) in [4.78, 5) is 9.13. The minimum absolute atomic E-state index is 0.700. The average molecular weight is 304 g/mol. The van der Waals surface area contributed by atoms with E-state index in [2.05, 4.69) is 20.6 Å². The number of anilines is 1. The molecule has 0 aliphatic carbocycles. The summed E-state index contributed by atoms with van der Waals surface area (Å²) in [7, 11) is 0. The van der Waals surface area contributed by atoms with Crippen LogP contribution in [0.25, 0.3) is 0 Å². The molecule has 22 heavy (non-hydrogen) atoms. The van der Waals surface area contributed by atoms with Crippen LogP contribution >= 0.6 is 0 Å². The van der Waals surface area contributed by atoms with Gasteiger partial charge in [0.15, 0.2) is 0 Å². The van der Waals surface area contributed by atoms with E-state index in [0.29, 0.717) is 5.92 Å². The predicted octanol–water partition coefficient (Wildman–Crippen LogP) is 2.25. The van der Waals surface area contributed by atoms with Crippen LogP contribution in [0.2, 0.25) is 0 Å². The second-order valence-corrected chi connectivity index (χ2v) is 6.54. The Balaban J connectivity index is 1.56. The maximum atomic E-state index is 5.43. The van der Waals surface area contributed by atoms with Gasteiger partial charge in [-0.25, -0.2) is 4.98 Å². The first kappa shape index (κ1) is 15.7. The van der Waals surface area contributed by atoms with Crippen LogP contribution < -0.4 is 10.6 Å². The third-order valence-corrected chi connectivity index (χ3v) is 4.85. The summed E-state index contributed by atoms with van der Waals surface area (Å²) in [5, 5.41) is 7.03. The molecule has 0 saturated carbocycles. The number of hydrogen-bond acceptors (Lipinski definition) is 5. The van der Waals surface area contributed by atoms with E-state index in [-0.39, 0.29) is 0 Å². The number of ether oxygens (including phenoxy) is 1. The summed E-state index contributed by atoms with van der Waals surface area (Å²) in [5.41, 5.74) is 1.14. The van der Waals surface area contributed by atoms with Gasteiger partial charge in [0.1, 0.15) is 5.82 Å². The highest BCUT2D eigenvalue weighted by atomic mass is 16.5. The Hall–Kier alpha value is -1.20. The monoisotopic (exact) mass is 304 g/mol. The lowest BCUT2D eigenvalue weighted by Crippen LogP contribution is -2.23. The molecule has 3 rings (SSSR count).